The molecule has 0 bridgehead atoms. The molecule has 8 nitrogen and oxygen atoms in total. The maximum atomic E-state index is 12.5. The van der Waals surface area contributed by atoms with Crippen LogP contribution in [0.25, 0.3) is 0 Å². The van der Waals surface area contributed by atoms with Crippen LogP contribution < -0.4 is 15.0 Å². The highest BCUT2D eigenvalue weighted by Crippen LogP contribution is 2.17. The van der Waals surface area contributed by atoms with E-state index >= 15 is 0 Å². The molecular weight excluding hydrogens is 394 g/mol. The van der Waals surface area contributed by atoms with Crippen LogP contribution in [0.2, 0.25) is 0 Å². The monoisotopic (exact) mass is 417 g/mol. The number of aromatic nitrogens is 2. The first-order valence-electron chi connectivity index (χ1n) is 10.1. The van der Waals surface area contributed by atoms with Gasteiger partial charge in [0.15, 0.2) is 0 Å². The van der Waals surface area contributed by atoms with Crippen molar-refractivity contribution in [2.24, 2.45) is 0 Å². The van der Waals surface area contributed by atoms with Crippen LogP contribution in [0, 0.1) is 6.92 Å². The van der Waals surface area contributed by atoms with Crippen molar-refractivity contribution in [2.45, 2.75) is 6.92 Å². The Balaban J connectivity index is 1.28. The second-order valence-corrected chi connectivity index (χ2v) is 7.24. The largest absolute Gasteiger partial charge is 0.416 e. The van der Waals surface area contributed by atoms with Crippen molar-refractivity contribution in [3.05, 3.63) is 78.1 Å². The molecule has 31 heavy (non-hydrogen) atoms. The number of piperazine rings is 1. The first-order chi connectivity index (χ1) is 15.1. The third-order valence-electron chi connectivity index (χ3n) is 4.98. The number of pyridine rings is 2. The fraction of sp³-hybridized carbons (Fsp3) is 0.217. The van der Waals surface area contributed by atoms with E-state index in [-0.39, 0.29) is 11.8 Å². The average Bonchev–Trinajstić information content (AvgIpc) is 2.81. The van der Waals surface area contributed by atoms with E-state index in [9.17, 15) is 9.59 Å². The van der Waals surface area contributed by atoms with Gasteiger partial charge in [0, 0.05) is 44.0 Å². The molecule has 4 rings (SSSR count). The smallest absolute Gasteiger partial charge is 0.391 e. The van der Waals surface area contributed by atoms with Crippen LogP contribution in [0.15, 0.2) is 67.0 Å². The summed E-state index contributed by atoms with van der Waals surface area (Å²) in [7, 11) is 0. The predicted molar refractivity (Wildman–Crippen MR) is 117 cm³/mol. The van der Waals surface area contributed by atoms with E-state index in [1.54, 1.807) is 41.3 Å². The van der Waals surface area contributed by atoms with E-state index in [0.29, 0.717) is 37.4 Å². The number of benzene rings is 1. The zero-order valence-electron chi connectivity index (χ0n) is 17.2. The minimum Gasteiger partial charge on any atom is -0.391 e. The molecule has 0 saturated carbocycles. The highest BCUT2D eigenvalue weighted by atomic mass is 16.6. The molecule has 3 aromatic rings. The van der Waals surface area contributed by atoms with E-state index in [4.69, 9.17) is 4.74 Å². The molecule has 1 aliphatic rings. The van der Waals surface area contributed by atoms with Gasteiger partial charge in [-0.3, -0.25) is 4.79 Å². The van der Waals surface area contributed by atoms with Gasteiger partial charge in [-0.1, -0.05) is 24.3 Å². The maximum Gasteiger partial charge on any atom is 0.416 e. The molecule has 3 heterocycles. The molecule has 2 aromatic heterocycles. The van der Waals surface area contributed by atoms with Gasteiger partial charge in [0.25, 0.3) is 5.91 Å². The summed E-state index contributed by atoms with van der Waals surface area (Å²) in [4.78, 5) is 37.0. The van der Waals surface area contributed by atoms with E-state index in [0.717, 1.165) is 11.4 Å². The molecule has 0 aliphatic carbocycles. The number of amides is 2. The number of nitrogens with zero attached hydrogens (tertiary/aromatic N) is 4. The Morgan fingerprint density at radius 2 is 1.68 bits per heavy atom. The Morgan fingerprint density at radius 1 is 0.903 bits per heavy atom. The third-order valence-corrected chi connectivity index (χ3v) is 4.98. The van der Waals surface area contributed by atoms with Crippen molar-refractivity contribution in [2.75, 3.05) is 36.4 Å². The summed E-state index contributed by atoms with van der Waals surface area (Å²) >= 11 is 0. The molecule has 1 aromatic carbocycles. The summed E-state index contributed by atoms with van der Waals surface area (Å²) in [5.41, 5.74) is 2.19. The second-order valence-electron chi connectivity index (χ2n) is 7.24. The van der Waals surface area contributed by atoms with Crippen molar-refractivity contribution in [1.82, 2.24) is 14.9 Å². The minimum atomic E-state index is -0.440. The Kier molecular flexibility index (Phi) is 6.07. The highest BCUT2D eigenvalue weighted by molar-refractivity contribution is 6.04. The second kappa shape index (κ2) is 9.25. The number of ether oxygens (including phenoxy) is 1. The number of carbonyl (C=O) groups is 2. The first kappa shape index (κ1) is 20.3. The van der Waals surface area contributed by atoms with Crippen molar-refractivity contribution in [3.8, 4) is 5.88 Å². The molecule has 1 N–H and O–H groups in total. The summed E-state index contributed by atoms with van der Waals surface area (Å²) in [6, 6.07) is 16.1. The molecule has 2 amide bonds. The van der Waals surface area contributed by atoms with E-state index in [1.807, 2.05) is 31.3 Å². The van der Waals surface area contributed by atoms with Gasteiger partial charge in [-0.15, -0.1) is 0 Å². The van der Waals surface area contributed by atoms with Crippen LogP contribution >= 0.6 is 0 Å². The Labute approximate surface area is 180 Å². The molecule has 8 heteroatoms. The topological polar surface area (TPSA) is 87.7 Å². The van der Waals surface area contributed by atoms with Gasteiger partial charge in [0.2, 0.25) is 5.88 Å². The molecule has 0 radical (unpaired) electrons. The molecule has 158 valence electrons. The SMILES string of the molecule is Cc1ccc(N2CCN(C(=O)Oc3ccc(NC(=O)c4ccccc4)cn3)CC2)nc1. The van der Waals surface area contributed by atoms with Crippen LogP contribution in [0.1, 0.15) is 15.9 Å². The summed E-state index contributed by atoms with van der Waals surface area (Å²) in [5, 5.41) is 2.76. The lowest BCUT2D eigenvalue weighted by Crippen LogP contribution is -2.49. The Hall–Kier alpha value is -3.94. The molecule has 0 atom stereocenters. The standard InChI is InChI=1S/C23H23N5O3/c1-17-7-9-20(24-15-17)27-11-13-28(14-12-27)23(30)31-21-10-8-19(16-25-21)26-22(29)18-5-3-2-4-6-18/h2-10,15-16H,11-14H2,1H3,(H,26,29). The van der Waals surface area contributed by atoms with Gasteiger partial charge < -0.3 is 19.9 Å². The number of hydrogen-bond donors (Lipinski definition) is 1. The summed E-state index contributed by atoms with van der Waals surface area (Å²) < 4.78 is 5.38. The highest BCUT2D eigenvalue weighted by Gasteiger charge is 2.23. The maximum absolute atomic E-state index is 12.5. The lowest BCUT2D eigenvalue weighted by atomic mass is 10.2. The van der Waals surface area contributed by atoms with Crippen molar-refractivity contribution < 1.29 is 14.3 Å². The molecule has 1 saturated heterocycles. The Bertz CT molecular complexity index is 1030. The zero-order valence-corrected chi connectivity index (χ0v) is 17.2. The van der Waals surface area contributed by atoms with E-state index < -0.39 is 6.09 Å². The first-order valence-corrected chi connectivity index (χ1v) is 10.1. The average molecular weight is 417 g/mol. The number of aryl methyl sites for hydroxylation is 1. The normalized spacial score (nSPS) is 13.6. The van der Waals surface area contributed by atoms with Gasteiger partial charge in [0.1, 0.15) is 5.82 Å². The number of anilines is 2. The molecule has 0 unspecified atom stereocenters. The number of rotatable bonds is 4. The van der Waals surface area contributed by atoms with Crippen LogP contribution in [0.3, 0.4) is 0 Å². The fourth-order valence-corrected chi connectivity index (χ4v) is 3.23. The molecule has 1 fully saturated rings. The van der Waals surface area contributed by atoms with E-state index in [2.05, 4.69) is 20.2 Å². The van der Waals surface area contributed by atoms with Crippen LogP contribution in [-0.4, -0.2) is 53.0 Å². The quantitative estimate of drug-likeness (QED) is 0.700. The molecule has 1 aliphatic heterocycles. The lowest BCUT2D eigenvalue weighted by molar-refractivity contribution is 0.102. The van der Waals surface area contributed by atoms with Crippen LogP contribution in [0.5, 0.6) is 5.88 Å². The van der Waals surface area contributed by atoms with Crippen LogP contribution in [0.4, 0.5) is 16.3 Å². The van der Waals surface area contributed by atoms with Crippen molar-refractivity contribution >= 4 is 23.5 Å². The minimum absolute atomic E-state index is 0.186. The zero-order chi connectivity index (χ0) is 21.6. The summed E-state index contributed by atoms with van der Waals surface area (Å²) in [6.45, 7) is 4.45. The van der Waals surface area contributed by atoms with Gasteiger partial charge in [-0.25, -0.2) is 14.8 Å². The number of hydrogen-bond acceptors (Lipinski definition) is 6. The number of nitrogens with one attached hydrogen (secondary N) is 1. The fourth-order valence-electron chi connectivity index (χ4n) is 3.23. The Morgan fingerprint density at radius 3 is 2.32 bits per heavy atom. The van der Waals surface area contributed by atoms with Gasteiger partial charge in [-0.2, -0.15) is 0 Å². The van der Waals surface area contributed by atoms with Crippen molar-refractivity contribution in [3.63, 3.8) is 0 Å². The lowest BCUT2D eigenvalue weighted by Gasteiger charge is -2.34. The van der Waals surface area contributed by atoms with Crippen molar-refractivity contribution in [1.29, 1.82) is 0 Å². The molecule has 0 spiro atoms. The molecular formula is C23H23N5O3. The van der Waals surface area contributed by atoms with Gasteiger partial charge >= 0.3 is 6.09 Å². The summed E-state index contributed by atoms with van der Waals surface area (Å²) in [6.07, 6.45) is 2.86. The third kappa shape index (κ3) is 5.16. The van der Waals surface area contributed by atoms with Gasteiger partial charge in [0.05, 0.1) is 11.9 Å². The van der Waals surface area contributed by atoms with Crippen LogP contribution in [-0.2, 0) is 0 Å². The van der Waals surface area contributed by atoms with E-state index in [1.165, 1.54) is 6.20 Å². The van der Waals surface area contributed by atoms with Gasteiger partial charge in [-0.05, 0) is 36.8 Å². The predicted octanol–water partition coefficient (Wildman–Crippen LogP) is 3.36. The number of carbonyl (C=O) groups excluding carboxylic acids is 2. The summed E-state index contributed by atoms with van der Waals surface area (Å²) in [5.74, 6) is 0.867.